The molecule has 0 bridgehead atoms. The minimum Gasteiger partial charge on any atom is -0.333 e. The topological polar surface area (TPSA) is 43.6 Å². The van der Waals surface area contributed by atoms with Gasteiger partial charge in [-0.05, 0) is 90.5 Å². The summed E-state index contributed by atoms with van der Waals surface area (Å²) in [5, 5.41) is 10.0. The Morgan fingerprint density at radius 2 is 1.00 bits per heavy atom. The van der Waals surface area contributed by atoms with Gasteiger partial charge in [0.05, 0.1) is 11.6 Å². The molecule has 0 saturated carbocycles. The van der Waals surface area contributed by atoms with Crippen LogP contribution in [0.3, 0.4) is 0 Å². The zero-order chi connectivity index (χ0) is 40.3. The molecule has 4 heteroatoms. The van der Waals surface area contributed by atoms with Crippen molar-refractivity contribution in [1.29, 1.82) is 0 Å². The average molecular weight is 779 g/mol. The van der Waals surface area contributed by atoms with E-state index in [9.17, 15) is 0 Å². The first-order chi connectivity index (χ1) is 30.2. The van der Waals surface area contributed by atoms with Gasteiger partial charge in [0.15, 0.2) is 17.5 Å². The number of rotatable bonds is 6. The Kier molecular flexibility index (Phi) is 8.27. The summed E-state index contributed by atoms with van der Waals surface area (Å²) >= 11 is 0. The molecule has 2 aromatic heterocycles. The Hall–Kier alpha value is -7.95. The van der Waals surface area contributed by atoms with E-state index in [4.69, 9.17) is 15.0 Å². The smallest absolute Gasteiger partial charge is 0.164 e. The number of benzene rings is 9. The molecule has 0 N–H and O–H groups in total. The summed E-state index contributed by atoms with van der Waals surface area (Å²) in [6.07, 6.45) is 7.39. The van der Waals surface area contributed by atoms with E-state index in [-0.39, 0.29) is 6.04 Å². The van der Waals surface area contributed by atoms with Crippen molar-refractivity contribution < 1.29 is 0 Å². The minimum atomic E-state index is 0.0626. The van der Waals surface area contributed by atoms with Gasteiger partial charge in [-0.1, -0.05) is 182 Å². The summed E-state index contributed by atoms with van der Waals surface area (Å²) in [6.45, 7) is 0. The van der Waals surface area contributed by atoms with Crippen molar-refractivity contribution in [3.63, 3.8) is 0 Å². The lowest BCUT2D eigenvalue weighted by Gasteiger charge is -2.22. The predicted octanol–water partition coefficient (Wildman–Crippen LogP) is 14.7. The molecule has 0 amide bonds. The zero-order valence-electron chi connectivity index (χ0n) is 33.3. The standard InChI is InChI=1S/C57H38N4/c1-3-14-39(15-4-1)55-58-56(40-16-5-2-6-17-40)60-57(59-55)45-19-11-20-47(36-45)61-52-24-10-9-22-51(52)54-50-31-29-42(33-44(50)30-32-53(54)61)41-27-25-37-26-28-43(35-46(37)34-41)49-23-12-18-38-13-7-8-21-48(38)49/h1-35,47H,36H2. The lowest BCUT2D eigenvalue weighted by molar-refractivity contribution is 0.653. The Morgan fingerprint density at radius 3 is 1.79 bits per heavy atom. The molecule has 4 nitrogen and oxygen atoms in total. The molecule has 0 aliphatic heterocycles. The first kappa shape index (κ1) is 35.0. The summed E-state index contributed by atoms with van der Waals surface area (Å²) < 4.78 is 2.51. The van der Waals surface area contributed by atoms with Gasteiger partial charge >= 0.3 is 0 Å². The number of fused-ring (bicyclic) bond motifs is 7. The summed E-state index contributed by atoms with van der Waals surface area (Å²) in [5.74, 6) is 2.06. The molecule has 0 spiro atoms. The lowest BCUT2D eigenvalue weighted by Crippen LogP contribution is -2.11. The van der Waals surface area contributed by atoms with Gasteiger partial charge in [-0.15, -0.1) is 0 Å². The molecule has 1 atom stereocenters. The summed E-state index contributed by atoms with van der Waals surface area (Å²) in [6, 6.07) is 69.7. The van der Waals surface area contributed by atoms with Crippen LogP contribution in [0.4, 0.5) is 0 Å². The molecule has 1 aliphatic rings. The van der Waals surface area contributed by atoms with Crippen LogP contribution in [0.15, 0.2) is 212 Å². The van der Waals surface area contributed by atoms with Gasteiger partial charge in [0, 0.05) is 33.8 Å². The third kappa shape index (κ3) is 6.11. The van der Waals surface area contributed by atoms with Gasteiger partial charge in [0.1, 0.15) is 0 Å². The van der Waals surface area contributed by atoms with Crippen molar-refractivity contribution in [2.75, 3.05) is 0 Å². The largest absolute Gasteiger partial charge is 0.333 e. The SMILES string of the molecule is C1=CC(n2c3ccccc3c3c4ccc(-c5ccc6ccc(-c7cccc8ccccc78)cc6c5)cc4ccc32)CC(c2nc(-c3ccccc3)nc(-c3ccccc3)n2)=C1. The monoisotopic (exact) mass is 778 g/mol. The highest BCUT2D eigenvalue weighted by Crippen LogP contribution is 2.42. The van der Waals surface area contributed by atoms with E-state index in [1.54, 1.807) is 0 Å². The zero-order valence-corrected chi connectivity index (χ0v) is 33.3. The van der Waals surface area contributed by atoms with Gasteiger partial charge in [-0.3, -0.25) is 0 Å². The van der Waals surface area contributed by atoms with E-state index in [0.717, 1.165) is 23.1 Å². The van der Waals surface area contributed by atoms with Crippen molar-refractivity contribution >= 4 is 59.7 Å². The molecule has 286 valence electrons. The second kappa shape index (κ2) is 14.4. The molecule has 12 rings (SSSR count). The second-order valence-electron chi connectivity index (χ2n) is 16.0. The van der Waals surface area contributed by atoms with Crippen LogP contribution in [-0.4, -0.2) is 19.5 Å². The van der Waals surface area contributed by atoms with E-state index < -0.39 is 0 Å². The number of aromatic nitrogens is 4. The molecule has 1 aliphatic carbocycles. The van der Waals surface area contributed by atoms with Crippen LogP contribution in [0.25, 0.3) is 105 Å². The molecular formula is C57H38N4. The number of hydrogen-bond donors (Lipinski definition) is 0. The number of para-hydroxylation sites is 1. The van der Waals surface area contributed by atoms with Crippen molar-refractivity contribution in [1.82, 2.24) is 19.5 Å². The molecule has 0 fully saturated rings. The van der Waals surface area contributed by atoms with Crippen LogP contribution in [0.1, 0.15) is 18.3 Å². The molecule has 61 heavy (non-hydrogen) atoms. The Morgan fingerprint density at radius 1 is 0.393 bits per heavy atom. The highest BCUT2D eigenvalue weighted by molar-refractivity contribution is 6.21. The van der Waals surface area contributed by atoms with Crippen LogP contribution < -0.4 is 0 Å². The molecular weight excluding hydrogens is 741 g/mol. The van der Waals surface area contributed by atoms with Gasteiger partial charge < -0.3 is 4.57 Å². The fourth-order valence-corrected chi connectivity index (χ4v) is 9.39. The van der Waals surface area contributed by atoms with Gasteiger partial charge in [-0.25, -0.2) is 15.0 Å². The summed E-state index contributed by atoms with van der Waals surface area (Å²) in [7, 11) is 0. The Labute approximate surface area is 353 Å². The Balaban J connectivity index is 0.921. The quantitative estimate of drug-likeness (QED) is 0.169. The second-order valence-corrected chi connectivity index (χ2v) is 16.0. The number of nitrogens with zero attached hydrogens (tertiary/aromatic N) is 4. The number of allylic oxidation sites excluding steroid dienone is 4. The summed E-state index contributed by atoms with van der Waals surface area (Å²) in [5.41, 5.74) is 10.4. The normalized spacial score (nSPS) is 14.0. The molecule has 9 aromatic carbocycles. The van der Waals surface area contributed by atoms with Crippen molar-refractivity contribution in [2.24, 2.45) is 0 Å². The lowest BCUT2D eigenvalue weighted by atomic mass is 9.94. The molecule has 2 heterocycles. The van der Waals surface area contributed by atoms with E-state index in [1.165, 1.54) is 76.4 Å². The maximum Gasteiger partial charge on any atom is 0.164 e. The third-order valence-electron chi connectivity index (χ3n) is 12.3. The highest BCUT2D eigenvalue weighted by Gasteiger charge is 2.23. The van der Waals surface area contributed by atoms with E-state index in [0.29, 0.717) is 17.5 Å². The minimum absolute atomic E-state index is 0.0626. The fraction of sp³-hybridized carbons (Fsp3) is 0.0351. The van der Waals surface area contributed by atoms with Crippen molar-refractivity contribution in [2.45, 2.75) is 12.5 Å². The number of hydrogen-bond acceptors (Lipinski definition) is 3. The van der Waals surface area contributed by atoms with Crippen LogP contribution in [-0.2, 0) is 0 Å². The van der Waals surface area contributed by atoms with E-state index in [2.05, 4.69) is 181 Å². The van der Waals surface area contributed by atoms with Crippen molar-refractivity contribution in [3.05, 3.63) is 218 Å². The highest BCUT2D eigenvalue weighted by atomic mass is 15.0. The average Bonchev–Trinajstić information content (AvgIpc) is 3.68. The summed E-state index contributed by atoms with van der Waals surface area (Å²) in [4.78, 5) is 15.1. The first-order valence-electron chi connectivity index (χ1n) is 20.9. The maximum atomic E-state index is 5.08. The molecule has 0 radical (unpaired) electrons. The molecule has 1 unspecified atom stereocenters. The van der Waals surface area contributed by atoms with Crippen molar-refractivity contribution in [3.8, 4) is 45.0 Å². The maximum absolute atomic E-state index is 5.08. The van der Waals surface area contributed by atoms with Crippen LogP contribution in [0, 0.1) is 0 Å². The van der Waals surface area contributed by atoms with Crippen LogP contribution in [0.5, 0.6) is 0 Å². The van der Waals surface area contributed by atoms with Gasteiger partial charge in [0.2, 0.25) is 0 Å². The molecule has 11 aromatic rings. The van der Waals surface area contributed by atoms with Crippen LogP contribution in [0.2, 0.25) is 0 Å². The Bertz CT molecular complexity index is 3500. The third-order valence-corrected chi connectivity index (χ3v) is 12.3. The first-order valence-corrected chi connectivity index (χ1v) is 20.9. The van der Waals surface area contributed by atoms with Gasteiger partial charge in [0.25, 0.3) is 0 Å². The predicted molar refractivity (Wildman–Crippen MR) is 254 cm³/mol. The fourth-order valence-electron chi connectivity index (χ4n) is 9.39. The molecule has 0 saturated heterocycles. The van der Waals surface area contributed by atoms with E-state index >= 15 is 0 Å². The van der Waals surface area contributed by atoms with Crippen LogP contribution >= 0.6 is 0 Å². The van der Waals surface area contributed by atoms with E-state index in [1.807, 2.05) is 36.4 Å². The van der Waals surface area contributed by atoms with Gasteiger partial charge in [-0.2, -0.15) is 0 Å².